The maximum absolute atomic E-state index is 13.0. The molecule has 0 aliphatic heterocycles. The van der Waals surface area contributed by atoms with Crippen molar-refractivity contribution in [3.8, 4) is 11.4 Å². The number of carbonyl (C=O) groups is 1. The van der Waals surface area contributed by atoms with Crippen LogP contribution in [0.1, 0.15) is 11.4 Å². The highest BCUT2D eigenvalue weighted by atomic mass is 35.5. The number of hydrogen-bond acceptors (Lipinski definition) is 4. The second-order valence-electron chi connectivity index (χ2n) is 7.20. The molecule has 32 heavy (non-hydrogen) atoms. The highest BCUT2D eigenvalue weighted by Crippen LogP contribution is 2.31. The molecule has 0 saturated carbocycles. The van der Waals surface area contributed by atoms with E-state index in [1.165, 1.54) is 0 Å². The average Bonchev–Trinajstić information content (AvgIpc) is 2.76. The summed E-state index contributed by atoms with van der Waals surface area (Å²) in [6.45, 7) is 3.41. The van der Waals surface area contributed by atoms with Crippen LogP contribution < -0.4 is 15.6 Å². The van der Waals surface area contributed by atoms with Crippen molar-refractivity contribution < 1.29 is 9.53 Å². The van der Waals surface area contributed by atoms with E-state index in [1.807, 2.05) is 31.2 Å². The number of para-hydroxylation sites is 1. The molecule has 4 aromatic rings. The molecule has 1 amide bonds. The zero-order valence-corrected chi connectivity index (χ0v) is 18.9. The number of benzene rings is 3. The van der Waals surface area contributed by atoms with Crippen LogP contribution in [0.25, 0.3) is 16.6 Å². The minimum absolute atomic E-state index is 0.143. The van der Waals surface area contributed by atoms with Crippen LogP contribution in [0.4, 0.5) is 5.69 Å². The summed E-state index contributed by atoms with van der Waals surface area (Å²) in [6, 6.07) is 17.5. The lowest BCUT2D eigenvalue weighted by molar-refractivity contribution is -0.118. The number of nitrogens with one attached hydrogen (secondary N) is 1. The van der Waals surface area contributed by atoms with E-state index in [0.29, 0.717) is 38.9 Å². The van der Waals surface area contributed by atoms with Gasteiger partial charge in [-0.25, -0.2) is 4.98 Å². The maximum Gasteiger partial charge on any atom is 0.265 e. The maximum atomic E-state index is 13.0. The molecule has 3 aromatic carbocycles. The van der Waals surface area contributed by atoms with Gasteiger partial charge in [0.1, 0.15) is 16.6 Å². The van der Waals surface area contributed by atoms with Crippen LogP contribution in [-0.2, 0) is 4.79 Å². The molecular weight excluding hydrogens is 449 g/mol. The molecule has 0 spiro atoms. The molecule has 0 aliphatic carbocycles. The Morgan fingerprint density at radius 1 is 1.06 bits per heavy atom. The first-order valence-corrected chi connectivity index (χ1v) is 10.6. The summed E-state index contributed by atoms with van der Waals surface area (Å²) in [5.74, 6) is 0.564. The molecule has 1 aromatic heterocycles. The number of halogens is 2. The molecule has 0 saturated heterocycles. The molecule has 162 valence electrons. The second kappa shape index (κ2) is 9.02. The SMILES string of the molecule is Cc1cc(-n2c(C)nc3ccccc3c2=O)ccc1NC(=O)COc1cccc(Cl)c1Cl. The lowest BCUT2D eigenvalue weighted by Crippen LogP contribution is -2.23. The van der Waals surface area contributed by atoms with E-state index < -0.39 is 0 Å². The number of amides is 1. The standard InChI is InChI=1S/C24H19Cl2N3O3/c1-14-12-16(29-15(2)27-20-8-4-3-6-17(20)24(29)31)10-11-19(14)28-22(30)13-32-21-9-5-7-18(25)23(21)26/h3-12H,13H2,1-2H3,(H,28,30). The fraction of sp³-hybridized carbons (Fsp3) is 0.125. The molecule has 4 rings (SSSR count). The molecule has 0 unspecified atom stereocenters. The Hall–Kier alpha value is -3.35. The lowest BCUT2D eigenvalue weighted by atomic mass is 10.1. The van der Waals surface area contributed by atoms with Crippen LogP contribution >= 0.6 is 23.2 Å². The number of nitrogens with zero attached hydrogens (tertiary/aromatic N) is 2. The summed E-state index contributed by atoms with van der Waals surface area (Å²) >= 11 is 12.0. The van der Waals surface area contributed by atoms with Gasteiger partial charge in [0.05, 0.1) is 21.6 Å². The lowest BCUT2D eigenvalue weighted by Gasteiger charge is -2.14. The molecule has 1 heterocycles. The summed E-state index contributed by atoms with van der Waals surface area (Å²) in [5, 5.41) is 3.96. The van der Waals surface area contributed by atoms with Crippen LogP contribution in [0.3, 0.4) is 0 Å². The van der Waals surface area contributed by atoms with Crippen molar-refractivity contribution >= 4 is 45.7 Å². The molecule has 8 heteroatoms. The molecule has 1 N–H and O–H groups in total. The number of hydrogen-bond donors (Lipinski definition) is 1. The third-order valence-electron chi connectivity index (χ3n) is 4.96. The minimum Gasteiger partial charge on any atom is -0.482 e. The highest BCUT2D eigenvalue weighted by Gasteiger charge is 2.13. The number of rotatable bonds is 5. The number of carbonyl (C=O) groups excluding carboxylic acids is 1. The molecule has 0 radical (unpaired) electrons. The van der Waals surface area contributed by atoms with E-state index in [9.17, 15) is 9.59 Å². The van der Waals surface area contributed by atoms with Gasteiger partial charge < -0.3 is 10.1 Å². The number of ether oxygens (including phenoxy) is 1. The Kier molecular flexibility index (Phi) is 6.17. The summed E-state index contributed by atoms with van der Waals surface area (Å²) in [5.41, 5.74) is 2.58. The predicted octanol–water partition coefficient (Wildman–Crippen LogP) is 5.33. The van der Waals surface area contributed by atoms with Gasteiger partial charge in [0, 0.05) is 5.69 Å². The van der Waals surface area contributed by atoms with Crippen LogP contribution in [0.15, 0.2) is 65.5 Å². The van der Waals surface area contributed by atoms with E-state index in [0.717, 1.165) is 5.56 Å². The highest BCUT2D eigenvalue weighted by molar-refractivity contribution is 6.42. The van der Waals surface area contributed by atoms with Crippen LogP contribution in [0, 0.1) is 13.8 Å². The minimum atomic E-state index is -0.349. The van der Waals surface area contributed by atoms with E-state index in [1.54, 1.807) is 47.9 Å². The largest absolute Gasteiger partial charge is 0.482 e. The Labute approximate surface area is 194 Å². The van der Waals surface area contributed by atoms with Gasteiger partial charge >= 0.3 is 0 Å². The van der Waals surface area contributed by atoms with Gasteiger partial charge in [-0.2, -0.15) is 0 Å². The van der Waals surface area contributed by atoms with Crippen LogP contribution in [-0.4, -0.2) is 22.1 Å². The van der Waals surface area contributed by atoms with Gasteiger partial charge in [0.25, 0.3) is 11.5 Å². The fourth-order valence-corrected chi connectivity index (χ4v) is 3.75. The zero-order valence-electron chi connectivity index (χ0n) is 17.4. The van der Waals surface area contributed by atoms with Crippen molar-refractivity contribution in [1.82, 2.24) is 9.55 Å². The topological polar surface area (TPSA) is 73.2 Å². The first-order valence-electron chi connectivity index (χ1n) is 9.81. The second-order valence-corrected chi connectivity index (χ2v) is 7.99. The third-order valence-corrected chi connectivity index (χ3v) is 5.76. The van der Waals surface area contributed by atoms with Crippen molar-refractivity contribution in [2.75, 3.05) is 11.9 Å². The fourth-order valence-electron chi connectivity index (χ4n) is 3.40. The Morgan fingerprint density at radius 2 is 1.84 bits per heavy atom. The smallest absolute Gasteiger partial charge is 0.265 e. The Balaban J connectivity index is 1.54. The average molecular weight is 468 g/mol. The molecule has 0 aliphatic rings. The van der Waals surface area contributed by atoms with Gasteiger partial charge in [-0.3, -0.25) is 14.2 Å². The van der Waals surface area contributed by atoms with Crippen molar-refractivity contribution in [3.63, 3.8) is 0 Å². The summed E-state index contributed by atoms with van der Waals surface area (Å²) in [7, 11) is 0. The Bertz CT molecular complexity index is 1400. The zero-order chi connectivity index (χ0) is 22.8. The van der Waals surface area contributed by atoms with Crippen molar-refractivity contribution in [1.29, 1.82) is 0 Å². The number of aromatic nitrogens is 2. The summed E-state index contributed by atoms with van der Waals surface area (Å²) < 4.78 is 7.04. The van der Waals surface area contributed by atoms with Crippen molar-refractivity contribution in [2.45, 2.75) is 13.8 Å². The normalized spacial score (nSPS) is 10.9. The van der Waals surface area contributed by atoms with Crippen molar-refractivity contribution in [3.05, 3.63) is 92.5 Å². The molecule has 0 atom stereocenters. The van der Waals surface area contributed by atoms with Gasteiger partial charge in [0.2, 0.25) is 0 Å². The van der Waals surface area contributed by atoms with Crippen molar-refractivity contribution in [2.24, 2.45) is 0 Å². The van der Waals surface area contributed by atoms with E-state index >= 15 is 0 Å². The van der Waals surface area contributed by atoms with Gasteiger partial charge in [0.15, 0.2) is 6.61 Å². The monoisotopic (exact) mass is 467 g/mol. The van der Waals surface area contributed by atoms with Crippen LogP contribution in [0.2, 0.25) is 10.0 Å². The molecule has 6 nitrogen and oxygen atoms in total. The van der Waals surface area contributed by atoms with E-state index in [2.05, 4.69) is 10.3 Å². The van der Waals surface area contributed by atoms with Crippen LogP contribution in [0.5, 0.6) is 5.75 Å². The van der Waals surface area contributed by atoms with Gasteiger partial charge in [-0.1, -0.05) is 41.4 Å². The third kappa shape index (κ3) is 4.33. The Morgan fingerprint density at radius 3 is 2.62 bits per heavy atom. The number of aryl methyl sites for hydroxylation is 2. The summed E-state index contributed by atoms with van der Waals surface area (Å²) in [6.07, 6.45) is 0. The van der Waals surface area contributed by atoms with Gasteiger partial charge in [-0.15, -0.1) is 0 Å². The van der Waals surface area contributed by atoms with E-state index in [-0.39, 0.29) is 23.1 Å². The molecule has 0 fully saturated rings. The van der Waals surface area contributed by atoms with Gasteiger partial charge in [-0.05, 0) is 61.9 Å². The summed E-state index contributed by atoms with van der Waals surface area (Å²) in [4.78, 5) is 29.9. The predicted molar refractivity (Wildman–Crippen MR) is 127 cm³/mol. The quantitative estimate of drug-likeness (QED) is 0.430. The molecular formula is C24H19Cl2N3O3. The number of anilines is 1. The first-order chi connectivity index (χ1) is 15.3. The molecule has 0 bridgehead atoms. The first kappa shape index (κ1) is 21.9. The number of fused-ring (bicyclic) bond motifs is 1. The van der Waals surface area contributed by atoms with E-state index in [4.69, 9.17) is 27.9 Å².